The summed E-state index contributed by atoms with van der Waals surface area (Å²) in [6.45, 7) is 11.0. The van der Waals surface area contributed by atoms with Crippen molar-refractivity contribution in [2.24, 2.45) is 0 Å². The number of thiol groups is 1. The van der Waals surface area contributed by atoms with Crippen molar-refractivity contribution in [1.29, 1.82) is 0 Å². The number of hydrogen-bond donors (Lipinski definition) is 1. The Hall–Kier alpha value is 0.160. The average molecular weight is 306 g/mol. The minimum absolute atomic E-state index is 0.0368. The van der Waals surface area contributed by atoms with Gasteiger partial charge in [-0.25, -0.2) is 15.3 Å². The lowest BCUT2D eigenvalue weighted by molar-refractivity contribution is 0.00642. The molecule has 0 spiro atoms. The van der Waals surface area contributed by atoms with Gasteiger partial charge in [-0.05, 0) is 33.3 Å². The maximum atomic E-state index is 14.6. The highest BCUT2D eigenvalue weighted by atomic mass is 32.2. The van der Waals surface area contributed by atoms with Crippen molar-refractivity contribution in [3.05, 3.63) is 0 Å². The van der Waals surface area contributed by atoms with Crippen molar-refractivity contribution >= 4 is 10.9 Å². The number of hydrogen-bond acceptors (Lipinski definition) is 3. The third-order valence-electron chi connectivity index (χ3n) is 4.45. The molecule has 0 aromatic rings. The van der Waals surface area contributed by atoms with Crippen LogP contribution >= 0.6 is 10.9 Å². The van der Waals surface area contributed by atoms with E-state index in [0.29, 0.717) is 11.8 Å². The molecule has 3 atom stereocenters. The molecule has 20 heavy (non-hydrogen) atoms. The molecule has 2 saturated heterocycles. The van der Waals surface area contributed by atoms with Crippen LogP contribution in [-0.2, 0) is 4.74 Å². The highest BCUT2D eigenvalue weighted by Gasteiger charge is 2.47. The molecule has 0 aromatic carbocycles. The maximum Gasteiger partial charge on any atom is 0.119 e. The molecule has 2 aliphatic rings. The van der Waals surface area contributed by atoms with Crippen molar-refractivity contribution in [2.45, 2.75) is 50.3 Å². The first kappa shape index (κ1) is 16.5. The van der Waals surface area contributed by atoms with Gasteiger partial charge in [0.25, 0.3) is 0 Å². The first-order chi connectivity index (χ1) is 9.30. The van der Waals surface area contributed by atoms with Gasteiger partial charge in [-0.15, -0.1) is 0 Å². The molecule has 120 valence electrons. The smallest absolute Gasteiger partial charge is 0.119 e. The van der Waals surface area contributed by atoms with Gasteiger partial charge in [0.2, 0.25) is 0 Å². The standard InChI is InChI=1S/C15H31FN2OS/c1-15(2,3)18-13(11-17-6-8-19-9-7-17)12(16)10-14(18)20(4)5/h12-14,20H,6-11H2,1-5H3/t12-,13-,14-/m1/s1. The zero-order valence-corrected chi connectivity index (χ0v) is 14.5. The van der Waals surface area contributed by atoms with Gasteiger partial charge < -0.3 is 4.74 Å². The van der Waals surface area contributed by atoms with Crippen LogP contribution in [0.4, 0.5) is 4.39 Å². The topological polar surface area (TPSA) is 15.7 Å². The molecule has 0 aromatic heterocycles. The Balaban J connectivity index is 2.11. The van der Waals surface area contributed by atoms with Gasteiger partial charge in [-0.3, -0.25) is 9.80 Å². The summed E-state index contributed by atoms with van der Waals surface area (Å²) in [5.74, 6) is 0. The van der Waals surface area contributed by atoms with Crippen LogP contribution in [0.2, 0.25) is 0 Å². The molecule has 0 unspecified atom stereocenters. The normalized spacial score (nSPS) is 34.5. The van der Waals surface area contributed by atoms with E-state index in [4.69, 9.17) is 4.74 Å². The summed E-state index contributed by atoms with van der Waals surface area (Å²) in [6.07, 6.45) is 4.59. The van der Waals surface area contributed by atoms with E-state index >= 15 is 0 Å². The predicted octanol–water partition coefficient (Wildman–Crippen LogP) is 2.12. The van der Waals surface area contributed by atoms with E-state index in [9.17, 15) is 4.39 Å². The Morgan fingerprint density at radius 1 is 1.20 bits per heavy atom. The monoisotopic (exact) mass is 306 g/mol. The number of rotatable bonds is 3. The van der Waals surface area contributed by atoms with Gasteiger partial charge in [0.15, 0.2) is 0 Å². The fourth-order valence-electron chi connectivity index (χ4n) is 3.52. The summed E-state index contributed by atoms with van der Waals surface area (Å²) < 4.78 is 20.0. The minimum atomic E-state index is -0.688. The molecule has 2 fully saturated rings. The first-order valence-electron chi connectivity index (χ1n) is 7.69. The van der Waals surface area contributed by atoms with Crippen molar-refractivity contribution < 1.29 is 9.13 Å². The Bertz CT molecular complexity index is 315. The van der Waals surface area contributed by atoms with Crippen LogP contribution in [0.3, 0.4) is 0 Å². The molecular formula is C15H31FN2OS. The van der Waals surface area contributed by atoms with Gasteiger partial charge >= 0.3 is 0 Å². The number of ether oxygens (including phenoxy) is 1. The molecule has 0 bridgehead atoms. The second-order valence-corrected chi connectivity index (χ2v) is 9.78. The van der Waals surface area contributed by atoms with Crippen LogP contribution in [0, 0.1) is 0 Å². The Labute approximate surface area is 126 Å². The van der Waals surface area contributed by atoms with Crippen LogP contribution in [-0.4, -0.2) is 78.3 Å². The summed E-state index contributed by atoms with van der Waals surface area (Å²) in [7, 11) is -0.139. The van der Waals surface area contributed by atoms with E-state index in [1.54, 1.807) is 0 Å². The number of halogens is 1. The van der Waals surface area contributed by atoms with E-state index in [0.717, 1.165) is 32.8 Å². The molecule has 2 rings (SSSR count). The zero-order valence-electron chi connectivity index (χ0n) is 13.6. The summed E-state index contributed by atoms with van der Waals surface area (Å²) in [4.78, 5) is 4.84. The molecule has 0 aliphatic carbocycles. The zero-order chi connectivity index (χ0) is 14.9. The molecule has 0 saturated carbocycles. The SMILES string of the molecule is C[SH](C)[C@@H]1C[C@@H](F)[C@@H](CN2CCOCC2)N1C(C)(C)C. The fourth-order valence-corrected chi connectivity index (χ4v) is 5.16. The molecular weight excluding hydrogens is 275 g/mol. The van der Waals surface area contributed by atoms with E-state index in [1.165, 1.54) is 0 Å². The van der Waals surface area contributed by atoms with Crippen LogP contribution in [0.25, 0.3) is 0 Å². The van der Waals surface area contributed by atoms with Gasteiger partial charge in [-0.1, -0.05) is 0 Å². The maximum absolute atomic E-state index is 14.6. The Kier molecular flexibility index (Phi) is 5.38. The summed E-state index contributed by atoms with van der Waals surface area (Å²) >= 11 is 0. The average Bonchev–Trinajstić information content (AvgIpc) is 2.68. The third-order valence-corrected chi connectivity index (χ3v) is 6.10. The molecule has 3 nitrogen and oxygen atoms in total. The summed E-state index contributed by atoms with van der Waals surface area (Å²) in [5.41, 5.74) is 0.0368. The fraction of sp³-hybridized carbons (Fsp3) is 1.00. The number of alkyl halides is 1. The number of nitrogens with zero attached hydrogens (tertiary/aromatic N) is 2. The highest BCUT2D eigenvalue weighted by molar-refractivity contribution is 8.16. The van der Waals surface area contributed by atoms with Gasteiger partial charge in [-0.2, -0.15) is 0 Å². The van der Waals surface area contributed by atoms with Crippen molar-refractivity contribution in [3.63, 3.8) is 0 Å². The Morgan fingerprint density at radius 2 is 1.80 bits per heavy atom. The van der Waals surface area contributed by atoms with Crippen LogP contribution in [0.1, 0.15) is 27.2 Å². The molecule has 0 radical (unpaired) electrons. The molecule has 2 heterocycles. The van der Waals surface area contributed by atoms with Gasteiger partial charge in [0.1, 0.15) is 6.17 Å². The second-order valence-electron chi connectivity index (χ2n) is 7.25. The lowest BCUT2D eigenvalue weighted by atomic mass is 10.0. The molecule has 5 heteroatoms. The lowest BCUT2D eigenvalue weighted by Crippen LogP contribution is -2.55. The summed E-state index contributed by atoms with van der Waals surface area (Å²) in [6, 6.07) is 0.0444. The van der Waals surface area contributed by atoms with Crippen molar-refractivity contribution in [3.8, 4) is 0 Å². The number of likely N-dealkylation sites (tertiary alicyclic amines) is 1. The van der Waals surface area contributed by atoms with E-state index < -0.39 is 6.17 Å². The third kappa shape index (κ3) is 3.67. The summed E-state index contributed by atoms with van der Waals surface area (Å²) in [5, 5.41) is 0.422. The highest BCUT2D eigenvalue weighted by Crippen LogP contribution is 2.43. The second kappa shape index (κ2) is 6.51. The van der Waals surface area contributed by atoms with Crippen molar-refractivity contribution in [1.82, 2.24) is 9.80 Å². The first-order valence-corrected chi connectivity index (χ1v) is 10.0. The minimum Gasteiger partial charge on any atom is -0.379 e. The molecule has 0 N–H and O–H groups in total. The van der Waals surface area contributed by atoms with E-state index in [2.05, 4.69) is 43.1 Å². The quantitative estimate of drug-likeness (QED) is 0.804. The largest absolute Gasteiger partial charge is 0.379 e. The van der Waals surface area contributed by atoms with E-state index in [1.807, 2.05) is 0 Å². The Morgan fingerprint density at radius 3 is 2.30 bits per heavy atom. The predicted molar refractivity (Wildman–Crippen MR) is 86.8 cm³/mol. The molecule has 0 amide bonds. The van der Waals surface area contributed by atoms with E-state index in [-0.39, 0.29) is 22.5 Å². The van der Waals surface area contributed by atoms with Crippen LogP contribution in [0.15, 0.2) is 0 Å². The van der Waals surface area contributed by atoms with Crippen molar-refractivity contribution in [2.75, 3.05) is 45.4 Å². The van der Waals surface area contributed by atoms with Crippen LogP contribution in [0.5, 0.6) is 0 Å². The van der Waals surface area contributed by atoms with Gasteiger partial charge in [0.05, 0.1) is 19.3 Å². The van der Waals surface area contributed by atoms with Crippen LogP contribution < -0.4 is 0 Å². The molecule has 2 aliphatic heterocycles. The number of morpholine rings is 1. The lowest BCUT2D eigenvalue weighted by Gasteiger charge is -2.45. The van der Waals surface area contributed by atoms with Gasteiger partial charge in [0, 0.05) is 37.0 Å².